The quantitative estimate of drug-likeness (QED) is 0.0289. The van der Waals surface area contributed by atoms with E-state index in [1.165, 1.54) is 83.5 Å². The molecule has 0 aliphatic rings. The van der Waals surface area contributed by atoms with E-state index >= 15 is 0 Å². The molecule has 0 rings (SSSR count). The fourth-order valence-corrected chi connectivity index (χ4v) is 5.61. The molecule has 0 aliphatic heterocycles. The first-order valence-corrected chi connectivity index (χ1v) is 21.0. The summed E-state index contributed by atoms with van der Waals surface area (Å²) in [5, 5.41) is 19.4. The molecule has 0 aromatic rings. The van der Waals surface area contributed by atoms with Crippen LogP contribution in [0.15, 0.2) is 72.9 Å². The Bertz CT molecular complexity index is 989. The van der Waals surface area contributed by atoms with Gasteiger partial charge in [-0.3, -0.25) is 9.59 Å². The highest BCUT2D eigenvalue weighted by Gasteiger charge is 2.16. The molecule has 0 fully saturated rings. The van der Waals surface area contributed by atoms with Gasteiger partial charge in [-0.25, -0.2) is 0 Å². The zero-order chi connectivity index (χ0) is 38.2. The van der Waals surface area contributed by atoms with Crippen molar-refractivity contribution < 1.29 is 29.3 Å². The van der Waals surface area contributed by atoms with E-state index in [2.05, 4.69) is 57.2 Å². The van der Waals surface area contributed by atoms with Crippen LogP contribution in [0.5, 0.6) is 0 Å². The molecule has 0 radical (unpaired) electrons. The molecule has 2 atom stereocenters. The van der Waals surface area contributed by atoms with E-state index in [0.29, 0.717) is 19.3 Å². The van der Waals surface area contributed by atoms with E-state index in [1.54, 1.807) is 6.08 Å². The van der Waals surface area contributed by atoms with Gasteiger partial charge in [0.2, 0.25) is 0 Å². The van der Waals surface area contributed by atoms with Crippen LogP contribution in [0.25, 0.3) is 0 Å². The van der Waals surface area contributed by atoms with Crippen LogP contribution in [0.3, 0.4) is 0 Å². The third-order valence-corrected chi connectivity index (χ3v) is 8.79. The van der Waals surface area contributed by atoms with E-state index in [4.69, 9.17) is 9.47 Å². The van der Waals surface area contributed by atoms with Crippen LogP contribution < -0.4 is 0 Å². The topological polar surface area (TPSA) is 93.1 Å². The summed E-state index contributed by atoms with van der Waals surface area (Å²) in [7, 11) is 0. The van der Waals surface area contributed by atoms with Crippen molar-refractivity contribution in [2.45, 2.75) is 187 Å². The molecular weight excluding hydrogens is 648 g/mol. The molecule has 2 N–H and O–H groups in total. The van der Waals surface area contributed by atoms with Gasteiger partial charge in [0.15, 0.2) is 6.10 Å². The zero-order valence-corrected chi connectivity index (χ0v) is 33.6. The molecule has 0 heterocycles. The van der Waals surface area contributed by atoms with Crippen LogP contribution in [0.2, 0.25) is 0 Å². The Balaban J connectivity index is 3.71. The predicted octanol–water partition coefficient (Wildman–Crippen LogP) is 12.2. The monoisotopic (exact) mass is 727 g/mol. The normalized spacial score (nSPS) is 13.7. The van der Waals surface area contributed by atoms with Gasteiger partial charge in [-0.15, -0.1) is 0 Å². The Kier molecular flexibility index (Phi) is 37.5. The summed E-state index contributed by atoms with van der Waals surface area (Å²) in [5.41, 5.74) is 0. The van der Waals surface area contributed by atoms with Gasteiger partial charge in [-0.2, -0.15) is 0 Å². The number of hydrogen-bond donors (Lipinski definition) is 2. The summed E-state index contributed by atoms with van der Waals surface area (Å²) in [6, 6.07) is 0. The number of carbonyl (C=O) groups excluding carboxylic acids is 2. The van der Waals surface area contributed by atoms with Gasteiger partial charge in [-0.05, 0) is 50.9 Å². The smallest absolute Gasteiger partial charge is 0.306 e. The summed E-state index contributed by atoms with van der Waals surface area (Å²) >= 11 is 0. The molecule has 1 unspecified atom stereocenters. The van der Waals surface area contributed by atoms with Crippen molar-refractivity contribution in [1.29, 1.82) is 0 Å². The van der Waals surface area contributed by atoms with Crippen molar-refractivity contribution >= 4 is 11.9 Å². The van der Waals surface area contributed by atoms with Crippen LogP contribution in [-0.4, -0.2) is 47.6 Å². The highest BCUT2D eigenvalue weighted by molar-refractivity contribution is 5.70. The van der Waals surface area contributed by atoms with Gasteiger partial charge in [0.25, 0.3) is 0 Å². The summed E-state index contributed by atoms with van der Waals surface area (Å²) < 4.78 is 10.5. The van der Waals surface area contributed by atoms with E-state index in [9.17, 15) is 19.8 Å². The second-order valence-electron chi connectivity index (χ2n) is 14.4. The summed E-state index contributed by atoms with van der Waals surface area (Å²) in [6.45, 7) is 6.22. The maximum atomic E-state index is 12.2. The largest absolute Gasteiger partial charge is 0.462 e. The summed E-state index contributed by atoms with van der Waals surface area (Å²) in [6.07, 6.45) is 48.8. The fraction of sp³-hybridized carbons (Fsp3) is 0.696. The number of esters is 2. The van der Waals surface area contributed by atoms with Gasteiger partial charge < -0.3 is 19.7 Å². The molecule has 0 amide bonds. The van der Waals surface area contributed by atoms with Crippen molar-refractivity contribution in [3.8, 4) is 0 Å². The average Bonchev–Trinajstić information content (AvgIpc) is 3.12. The van der Waals surface area contributed by atoms with Crippen LogP contribution in [0.1, 0.15) is 175 Å². The minimum Gasteiger partial charge on any atom is -0.462 e. The lowest BCUT2D eigenvalue weighted by atomic mass is 10.0. The molecule has 298 valence electrons. The number of ether oxygens (including phenoxy) is 2. The molecule has 0 spiro atoms. The molecule has 52 heavy (non-hydrogen) atoms. The number of hydrogen-bond acceptors (Lipinski definition) is 6. The number of aliphatic hydroxyl groups is 2. The van der Waals surface area contributed by atoms with Crippen LogP contribution in [0.4, 0.5) is 0 Å². The molecular formula is C46H78O6. The zero-order valence-electron chi connectivity index (χ0n) is 33.6. The lowest BCUT2D eigenvalue weighted by Gasteiger charge is -2.15. The molecule has 6 heteroatoms. The van der Waals surface area contributed by atoms with Crippen molar-refractivity contribution in [2.75, 3.05) is 13.2 Å². The van der Waals surface area contributed by atoms with E-state index < -0.39 is 12.2 Å². The maximum Gasteiger partial charge on any atom is 0.306 e. The minimum absolute atomic E-state index is 0.119. The maximum absolute atomic E-state index is 12.2. The second-order valence-corrected chi connectivity index (χ2v) is 14.4. The minimum atomic E-state index is -0.814. The number of allylic oxidation sites excluding steroid dienone is 10. The first-order valence-electron chi connectivity index (χ1n) is 21.0. The first-order chi connectivity index (χ1) is 25.4. The Morgan fingerprint density at radius 1 is 0.596 bits per heavy atom. The third kappa shape index (κ3) is 38.5. The van der Waals surface area contributed by atoms with E-state index in [0.717, 1.165) is 50.9 Å². The van der Waals surface area contributed by atoms with Gasteiger partial charge in [0, 0.05) is 12.8 Å². The molecule has 0 aromatic carbocycles. The predicted molar refractivity (Wildman–Crippen MR) is 220 cm³/mol. The van der Waals surface area contributed by atoms with Crippen molar-refractivity contribution in [3.63, 3.8) is 0 Å². The number of carbonyl (C=O) groups is 2. The Morgan fingerprint density at radius 3 is 1.65 bits per heavy atom. The molecule has 6 nitrogen and oxygen atoms in total. The number of aliphatic hydroxyl groups excluding tert-OH is 2. The Hall–Kier alpha value is -2.70. The second kappa shape index (κ2) is 39.5. The highest BCUT2D eigenvalue weighted by atomic mass is 16.6. The molecule has 0 aliphatic carbocycles. The molecule has 0 aromatic heterocycles. The van der Waals surface area contributed by atoms with Crippen molar-refractivity contribution in [2.24, 2.45) is 5.92 Å². The van der Waals surface area contributed by atoms with Crippen LogP contribution >= 0.6 is 0 Å². The summed E-state index contributed by atoms with van der Waals surface area (Å²) in [4.78, 5) is 24.3. The molecule has 0 bridgehead atoms. The first kappa shape index (κ1) is 49.3. The average molecular weight is 727 g/mol. The van der Waals surface area contributed by atoms with Gasteiger partial charge >= 0.3 is 11.9 Å². The van der Waals surface area contributed by atoms with E-state index in [1.807, 2.05) is 30.4 Å². The lowest BCUT2D eigenvalue weighted by molar-refractivity contribution is -0.161. The Labute approximate surface area is 319 Å². The highest BCUT2D eigenvalue weighted by Crippen LogP contribution is 2.15. The van der Waals surface area contributed by atoms with Gasteiger partial charge in [-0.1, -0.05) is 190 Å². The Morgan fingerprint density at radius 2 is 1.12 bits per heavy atom. The van der Waals surface area contributed by atoms with Crippen molar-refractivity contribution in [3.05, 3.63) is 72.9 Å². The molecule has 0 saturated heterocycles. The number of unbranched alkanes of at least 4 members (excludes halogenated alkanes) is 14. The van der Waals surface area contributed by atoms with Crippen molar-refractivity contribution in [1.82, 2.24) is 0 Å². The van der Waals surface area contributed by atoms with Crippen LogP contribution in [0, 0.1) is 5.92 Å². The lowest BCUT2D eigenvalue weighted by Crippen LogP contribution is -2.28. The SMILES string of the molecule is CC/C=C\CC(O)/C=C/C=C/C/C=C\C/C=C\C/C=C\CCC(=O)OC[C@H](CO)OC(=O)CCCCCCCCCCCCCCCCCC(C)C. The van der Waals surface area contributed by atoms with Gasteiger partial charge in [0.1, 0.15) is 6.61 Å². The molecule has 0 saturated carbocycles. The van der Waals surface area contributed by atoms with Crippen LogP contribution in [-0.2, 0) is 19.1 Å². The summed E-state index contributed by atoms with van der Waals surface area (Å²) in [5.74, 6) is 0.136. The van der Waals surface area contributed by atoms with Gasteiger partial charge in [0.05, 0.1) is 12.7 Å². The van der Waals surface area contributed by atoms with E-state index in [-0.39, 0.29) is 31.6 Å². The third-order valence-electron chi connectivity index (χ3n) is 8.79. The standard InChI is InChI=1S/C46H78O6/c1-4-5-30-36-43(48)37-32-27-23-19-15-11-9-13-16-20-24-28-33-38-45(49)51-41-44(40-47)52-46(50)39-34-29-25-21-17-12-8-6-7-10-14-18-22-26-31-35-42(2)3/h5,11,13,15-16,23-24,27-28,30,32,37,42-44,47-48H,4,6-10,12,14,17-22,25-26,29,31,33-36,38-41H2,1-3H3/b15-11-,16-13-,27-23+,28-24-,30-5-,37-32+/t43?,44-/m0/s1. The fourth-order valence-electron chi connectivity index (χ4n) is 5.61. The number of rotatable bonds is 36.